The molecule has 4 rings (SSSR count). The van der Waals surface area contributed by atoms with Gasteiger partial charge < -0.3 is 9.47 Å². The van der Waals surface area contributed by atoms with Crippen molar-refractivity contribution >= 4 is 11.3 Å². The van der Waals surface area contributed by atoms with E-state index in [4.69, 9.17) is 9.47 Å². The van der Waals surface area contributed by atoms with Gasteiger partial charge in [-0.2, -0.15) is 0 Å². The van der Waals surface area contributed by atoms with Gasteiger partial charge in [-0.1, -0.05) is 0 Å². The average molecular weight is 337 g/mol. The highest BCUT2D eigenvalue weighted by atomic mass is 32.1. The third-order valence-corrected chi connectivity index (χ3v) is 6.69. The van der Waals surface area contributed by atoms with Gasteiger partial charge in [0.25, 0.3) is 0 Å². The average Bonchev–Trinajstić information content (AvgIpc) is 3.17. The quantitative estimate of drug-likeness (QED) is 0.799. The Hall–Kier alpha value is -0.490. The highest BCUT2D eigenvalue weighted by Gasteiger charge is 2.42. The number of nitrogens with zero attached hydrogens (tertiary/aromatic N) is 2. The number of aromatic nitrogens is 1. The number of ether oxygens (including phenoxy) is 2. The van der Waals surface area contributed by atoms with Crippen molar-refractivity contribution in [2.24, 2.45) is 11.3 Å². The van der Waals surface area contributed by atoms with Gasteiger partial charge in [0.05, 0.1) is 30.5 Å². The smallest absolute Gasteiger partial charge is 0.0814 e. The van der Waals surface area contributed by atoms with E-state index in [0.29, 0.717) is 11.5 Å². The van der Waals surface area contributed by atoms with Crippen LogP contribution < -0.4 is 0 Å². The number of hydrogen-bond donors (Lipinski definition) is 0. The maximum atomic E-state index is 6.06. The van der Waals surface area contributed by atoms with Crippen LogP contribution in [0.3, 0.4) is 0 Å². The number of piperidine rings is 1. The van der Waals surface area contributed by atoms with E-state index in [-0.39, 0.29) is 0 Å². The van der Waals surface area contributed by atoms with Crippen molar-refractivity contribution in [3.8, 4) is 0 Å². The topological polar surface area (TPSA) is 34.6 Å². The number of thiazole rings is 1. The monoisotopic (exact) mass is 336 g/mol. The summed E-state index contributed by atoms with van der Waals surface area (Å²) in [7, 11) is 0. The molecule has 5 heteroatoms. The van der Waals surface area contributed by atoms with Crippen LogP contribution in [0.1, 0.15) is 42.7 Å². The Balaban J connectivity index is 1.22. The Morgan fingerprint density at radius 3 is 2.87 bits per heavy atom. The lowest BCUT2D eigenvalue weighted by molar-refractivity contribution is 0.00919. The normalized spacial score (nSPS) is 27.8. The van der Waals surface area contributed by atoms with E-state index in [0.717, 1.165) is 32.3 Å². The molecule has 128 valence electrons. The predicted octanol–water partition coefficient (Wildman–Crippen LogP) is 3.25. The lowest BCUT2D eigenvalue weighted by Crippen LogP contribution is -2.40. The first-order valence-electron chi connectivity index (χ1n) is 9.03. The Labute approximate surface area is 143 Å². The van der Waals surface area contributed by atoms with Crippen LogP contribution in [-0.2, 0) is 16.0 Å². The minimum Gasteiger partial charge on any atom is -0.378 e. The summed E-state index contributed by atoms with van der Waals surface area (Å²) >= 11 is 1.79. The molecule has 3 aliphatic rings. The van der Waals surface area contributed by atoms with Gasteiger partial charge in [-0.15, -0.1) is 11.3 Å². The summed E-state index contributed by atoms with van der Waals surface area (Å²) in [5, 5.41) is 0. The summed E-state index contributed by atoms with van der Waals surface area (Å²) in [6, 6.07) is 0. The van der Waals surface area contributed by atoms with Crippen LogP contribution in [0.15, 0.2) is 5.51 Å². The number of rotatable bonds is 6. The lowest BCUT2D eigenvalue weighted by atomic mass is 9.76. The molecule has 2 saturated heterocycles. The van der Waals surface area contributed by atoms with E-state index in [2.05, 4.69) is 16.8 Å². The Bertz CT molecular complexity index is 521. The van der Waals surface area contributed by atoms with Crippen LogP contribution in [0, 0.1) is 18.3 Å². The van der Waals surface area contributed by atoms with E-state index in [1.807, 2.05) is 5.51 Å². The van der Waals surface area contributed by atoms with Crippen LogP contribution in [0.4, 0.5) is 0 Å². The van der Waals surface area contributed by atoms with E-state index < -0.39 is 0 Å². The van der Waals surface area contributed by atoms with Gasteiger partial charge >= 0.3 is 0 Å². The summed E-state index contributed by atoms with van der Waals surface area (Å²) in [6.07, 6.45) is 6.80. The largest absolute Gasteiger partial charge is 0.378 e. The highest BCUT2D eigenvalue weighted by molar-refractivity contribution is 7.09. The van der Waals surface area contributed by atoms with Gasteiger partial charge in [-0.25, -0.2) is 4.98 Å². The molecule has 23 heavy (non-hydrogen) atoms. The molecular weight excluding hydrogens is 308 g/mol. The second-order valence-corrected chi connectivity index (χ2v) is 8.69. The molecule has 1 saturated carbocycles. The fourth-order valence-electron chi connectivity index (χ4n) is 3.87. The zero-order chi connectivity index (χ0) is 15.7. The van der Waals surface area contributed by atoms with E-state index in [1.54, 1.807) is 11.3 Å². The third-order valence-electron chi connectivity index (χ3n) is 5.77. The molecule has 1 aromatic heterocycles. The second-order valence-electron chi connectivity index (χ2n) is 7.76. The van der Waals surface area contributed by atoms with Gasteiger partial charge in [0, 0.05) is 18.0 Å². The van der Waals surface area contributed by atoms with E-state index in [1.165, 1.54) is 55.8 Å². The fraction of sp³-hybridized carbons (Fsp3) is 0.833. The van der Waals surface area contributed by atoms with Crippen molar-refractivity contribution in [2.75, 3.05) is 32.9 Å². The van der Waals surface area contributed by atoms with Gasteiger partial charge in [0.15, 0.2) is 0 Å². The molecule has 0 unspecified atom stereocenters. The molecule has 1 aliphatic carbocycles. The van der Waals surface area contributed by atoms with Crippen molar-refractivity contribution in [3.05, 3.63) is 16.1 Å². The molecule has 1 spiro atoms. The first kappa shape index (κ1) is 16.0. The molecule has 0 radical (unpaired) electrons. The lowest BCUT2D eigenvalue weighted by Gasteiger charge is -2.38. The van der Waals surface area contributed by atoms with Crippen LogP contribution in [-0.4, -0.2) is 48.9 Å². The molecule has 2 aliphatic heterocycles. The van der Waals surface area contributed by atoms with Crippen molar-refractivity contribution in [2.45, 2.75) is 51.7 Å². The molecule has 0 bridgehead atoms. The predicted molar refractivity (Wildman–Crippen MR) is 91.7 cm³/mol. The first-order chi connectivity index (χ1) is 11.2. The second kappa shape index (κ2) is 6.79. The van der Waals surface area contributed by atoms with Gasteiger partial charge in [0.2, 0.25) is 0 Å². The minimum atomic E-state index is 0.337. The van der Waals surface area contributed by atoms with Crippen LogP contribution in [0.5, 0.6) is 0 Å². The Morgan fingerprint density at radius 1 is 1.35 bits per heavy atom. The maximum Gasteiger partial charge on any atom is 0.0814 e. The first-order valence-corrected chi connectivity index (χ1v) is 9.91. The van der Waals surface area contributed by atoms with Gasteiger partial charge in [-0.05, 0) is 63.5 Å². The molecule has 3 fully saturated rings. The SMILES string of the molecule is Cc1ncsc1CN1CCC2(CC1)CO[C@@H](COCC1CC1)C2. The van der Waals surface area contributed by atoms with Crippen molar-refractivity contribution in [1.82, 2.24) is 9.88 Å². The van der Waals surface area contributed by atoms with Crippen LogP contribution in [0.25, 0.3) is 0 Å². The zero-order valence-electron chi connectivity index (χ0n) is 14.1. The summed E-state index contributed by atoms with van der Waals surface area (Å²) in [4.78, 5) is 8.38. The van der Waals surface area contributed by atoms with Gasteiger partial charge in [-0.3, -0.25) is 4.90 Å². The van der Waals surface area contributed by atoms with Crippen LogP contribution >= 0.6 is 11.3 Å². The van der Waals surface area contributed by atoms with Crippen molar-refractivity contribution in [1.29, 1.82) is 0 Å². The number of aryl methyl sites for hydroxylation is 1. The molecule has 4 nitrogen and oxygen atoms in total. The third kappa shape index (κ3) is 3.95. The number of likely N-dealkylation sites (tertiary alicyclic amines) is 1. The summed E-state index contributed by atoms with van der Waals surface area (Å²) in [6.45, 7) is 8.27. The number of hydrogen-bond acceptors (Lipinski definition) is 5. The van der Waals surface area contributed by atoms with Crippen LogP contribution in [0.2, 0.25) is 0 Å². The van der Waals surface area contributed by atoms with Gasteiger partial charge in [0.1, 0.15) is 0 Å². The summed E-state index contributed by atoms with van der Waals surface area (Å²) in [5.41, 5.74) is 3.59. The van der Waals surface area contributed by atoms with Crippen molar-refractivity contribution < 1.29 is 9.47 Å². The minimum absolute atomic E-state index is 0.337. The maximum absolute atomic E-state index is 6.06. The summed E-state index contributed by atoms with van der Waals surface area (Å²) in [5.74, 6) is 0.851. The standard InChI is InChI=1S/C18H28N2O2S/c1-14-17(23-13-19-14)9-20-6-4-18(5-7-20)8-16(22-12-18)11-21-10-15-2-3-15/h13,15-16H,2-12H2,1H3/t16-/m1/s1. The zero-order valence-corrected chi connectivity index (χ0v) is 14.9. The van der Waals surface area contributed by atoms with Crippen molar-refractivity contribution in [3.63, 3.8) is 0 Å². The molecule has 0 amide bonds. The molecule has 1 aromatic rings. The molecular formula is C18H28N2O2S. The van der Waals surface area contributed by atoms with E-state index in [9.17, 15) is 0 Å². The Morgan fingerprint density at radius 2 is 2.17 bits per heavy atom. The molecule has 3 heterocycles. The Kier molecular flexibility index (Phi) is 4.72. The molecule has 0 aromatic carbocycles. The fourth-order valence-corrected chi connectivity index (χ4v) is 4.69. The summed E-state index contributed by atoms with van der Waals surface area (Å²) < 4.78 is 11.9. The molecule has 1 atom stereocenters. The molecule has 0 N–H and O–H groups in total. The highest BCUT2D eigenvalue weighted by Crippen LogP contribution is 2.42. The van der Waals surface area contributed by atoms with E-state index >= 15 is 0 Å².